The number of rotatable bonds is 8. The van der Waals surface area contributed by atoms with Crippen molar-refractivity contribution in [1.82, 2.24) is 14.5 Å². The summed E-state index contributed by atoms with van der Waals surface area (Å²) in [5, 5.41) is 0.811. The molecule has 7 nitrogen and oxygen atoms in total. The van der Waals surface area contributed by atoms with Gasteiger partial charge in [0.2, 0.25) is 0 Å². The number of ether oxygens (including phenoxy) is 1. The van der Waals surface area contributed by atoms with Crippen molar-refractivity contribution in [2.75, 3.05) is 27.2 Å². The number of hydrogen-bond donors (Lipinski definition) is 1. The summed E-state index contributed by atoms with van der Waals surface area (Å²) in [4.78, 5) is 31.4. The van der Waals surface area contributed by atoms with Gasteiger partial charge in [-0.2, -0.15) is 0 Å². The second kappa shape index (κ2) is 9.57. The smallest absolute Gasteiger partial charge is 0.251 e. The normalized spacial score (nSPS) is 12.2. The van der Waals surface area contributed by atoms with Gasteiger partial charge >= 0.3 is 0 Å². The lowest BCUT2D eigenvalue weighted by Gasteiger charge is -2.18. The first-order valence-corrected chi connectivity index (χ1v) is 10.1. The number of pyridine rings is 2. The highest BCUT2D eigenvalue weighted by molar-refractivity contribution is 6.21. The number of fused-ring (bicyclic) bond motifs is 1. The van der Waals surface area contributed by atoms with Gasteiger partial charge in [0.15, 0.2) is 5.78 Å². The quantitative estimate of drug-likeness (QED) is 0.564. The Kier molecular flexibility index (Phi) is 6.87. The molecule has 0 aliphatic carbocycles. The molecule has 0 saturated heterocycles. The number of nitrogens with two attached hydrogens (primary N) is 1. The minimum atomic E-state index is -0.140. The molecule has 0 saturated carbocycles. The van der Waals surface area contributed by atoms with E-state index in [0.717, 1.165) is 11.1 Å². The summed E-state index contributed by atoms with van der Waals surface area (Å²) < 4.78 is 7.73. The van der Waals surface area contributed by atoms with Gasteiger partial charge in [-0.3, -0.25) is 14.6 Å². The maximum Gasteiger partial charge on any atom is 0.251 e. The lowest BCUT2D eigenvalue weighted by atomic mass is 9.97. The molecule has 0 unspecified atom stereocenters. The summed E-state index contributed by atoms with van der Waals surface area (Å²) in [5.41, 5.74) is 8.86. The molecule has 0 bridgehead atoms. The third-order valence-corrected chi connectivity index (χ3v) is 4.95. The molecule has 2 heterocycles. The summed E-state index contributed by atoms with van der Waals surface area (Å²) in [5.74, 6) is 0.378. The van der Waals surface area contributed by atoms with Crippen LogP contribution in [0.2, 0.25) is 0 Å². The Morgan fingerprint density at radius 3 is 2.55 bits per heavy atom. The maximum atomic E-state index is 12.7. The fourth-order valence-corrected chi connectivity index (χ4v) is 3.47. The number of aromatic nitrogens is 2. The average molecular weight is 421 g/mol. The number of allylic oxidation sites excluding steroid dienone is 2. The SMILES string of the molecule is CC(=O)C(=C(C)N)c1cc2ccc(=O)n(Cc3ccccn3)c2cc1OCCN(C)C. The molecule has 3 aromatic rings. The van der Waals surface area contributed by atoms with Crippen molar-refractivity contribution in [3.63, 3.8) is 0 Å². The highest BCUT2D eigenvalue weighted by Gasteiger charge is 2.18. The lowest BCUT2D eigenvalue weighted by molar-refractivity contribution is -0.111. The Hall–Kier alpha value is -3.45. The highest BCUT2D eigenvalue weighted by Crippen LogP contribution is 2.32. The summed E-state index contributed by atoms with van der Waals surface area (Å²) >= 11 is 0. The van der Waals surface area contributed by atoms with Crippen LogP contribution in [0.5, 0.6) is 5.75 Å². The molecular weight excluding hydrogens is 392 g/mol. The second-order valence-electron chi connectivity index (χ2n) is 7.75. The Morgan fingerprint density at radius 1 is 1.16 bits per heavy atom. The molecule has 2 N–H and O–H groups in total. The standard InChI is InChI=1S/C24H28N4O3/c1-16(25)24(17(2)29)20-13-18-8-9-23(30)28(15-19-7-5-6-10-26-19)21(18)14-22(20)31-12-11-27(3)4/h5-10,13-14H,11-12,15,25H2,1-4H3. The van der Waals surface area contributed by atoms with E-state index in [0.29, 0.717) is 47.8 Å². The van der Waals surface area contributed by atoms with Crippen molar-refractivity contribution >= 4 is 22.3 Å². The number of Topliss-reactive ketones (excluding diaryl/α,β-unsaturated/α-hetero) is 1. The van der Waals surface area contributed by atoms with Gasteiger partial charge in [0.25, 0.3) is 5.56 Å². The average Bonchev–Trinajstić information content (AvgIpc) is 2.71. The third kappa shape index (κ3) is 5.19. The van der Waals surface area contributed by atoms with Crippen LogP contribution in [-0.2, 0) is 11.3 Å². The maximum absolute atomic E-state index is 12.7. The number of carbonyl (C=O) groups is 1. The van der Waals surface area contributed by atoms with Crippen LogP contribution in [0.15, 0.2) is 59.2 Å². The van der Waals surface area contributed by atoms with Gasteiger partial charge in [-0.25, -0.2) is 0 Å². The molecule has 3 rings (SSSR count). The number of benzene rings is 1. The van der Waals surface area contributed by atoms with Crippen LogP contribution >= 0.6 is 0 Å². The molecule has 0 radical (unpaired) electrons. The van der Waals surface area contributed by atoms with E-state index in [9.17, 15) is 9.59 Å². The van der Waals surface area contributed by atoms with E-state index in [1.807, 2.05) is 49.3 Å². The summed E-state index contributed by atoms with van der Waals surface area (Å²) in [7, 11) is 3.92. The van der Waals surface area contributed by atoms with Crippen molar-refractivity contribution in [3.8, 4) is 5.75 Å². The molecule has 31 heavy (non-hydrogen) atoms. The van der Waals surface area contributed by atoms with Crippen LogP contribution in [0.25, 0.3) is 16.5 Å². The fourth-order valence-electron chi connectivity index (χ4n) is 3.47. The van der Waals surface area contributed by atoms with Crippen molar-refractivity contribution in [2.45, 2.75) is 20.4 Å². The Morgan fingerprint density at radius 2 is 1.94 bits per heavy atom. The second-order valence-corrected chi connectivity index (χ2v) is 7.75. The topological polar surface area (TPSA) is 90.5 Å². The summed E-state index contributed by atoms with van der Waals surface area (Å²) in [6, 6.07) is 12.6. The molecule has 0 spiro atoms. The molecule has 162 valence electrons. The first kappa shape index (κ1) is 22.2. The van der Waals surface area contributed by atoms with E-state index in [1.54, 1.807) is 23.8 Å². The number of hydrogen-bond acceptors (Lipinski definition) is 6. The Balaban J connectivity index is 2.20. The Bertz CT molecular complexity index is 1180. The predicted octanol–water partition coefficient (Wildman–Crippen LogP) is 2.66. The van der Waals surface area contributed by atoms with E-state index >= 15 is 0 Å². The minimum Gasteiger partial charge on any atom is -0.492 e. The number of likely N-dealkylation sites (N-methyl/N-ethyl adjacent to an activating group) is 1. The molecule has 2 aromatic heterocycles. The zero-order valence-corrected chi connectivity index (χ0v) is 18.4. The first-order chi connectivity index (χ1) is 14.8. The van der Waals surface area contributed by atoms with Crippen LogP contribution in [0.1, 0.15) is 25.1 Å². The molecule has 0 atom stereocenters. The van der Waals surface area contributed by atoms with Gasteiger partial charge < -0.3 is 19.9 Å². The van der Waals surface area contributed by atoms with Gasteiger partial charge in [-0.05, 0) is 57.6 Å². The van der Waals surface area contributed by atoms with Crippen molar-refractivity contribution in [1.29, 1.82) is 0 Å². The van der Waals surface area contributed by atoms with Crippen molar-refractivity contribution in [3.05, 3.63) is 76.0 Å². The highest BCUT2D eigenvalue weighted by atomic mass is 16.5. The van der Waals surface area contributed by atoms with Crippen LogP contribution in [0.4, 0.5) is 0 Å². The first-order valence-electron chi connectivity index (χ1n) is 10.1. The van der Waals surface area contributed by atoms with Crippen LogP contribution < -0.4 is 16.0 Å². The number of ketones is 1. The van der Waals surface area contributed by atoms with E-state index in [2.05, 4.69) is 4.98 Å². The number of nitrogens with zero attached hydrogens (tertiary/aromatic N) is 3. The third-order valence-electron chi connectivity index (χ3n) is 4.95. The molecule has 0 aliphatic heterocycles. The molecule has 0 amide bonds. The van der Waals surface area contributed by atoms with E-state index in [4.69, 9.17) is 10.5 Å². The van der Waals surface area contributed by atoms with Crippen LogP contribution in [-0.4, -0.2) is 47.5 Å². The van der Waals surface area contributed by atoms with Gasteiger partial charge in [-0.15, -0.1) is 0 Å². The van der Waals surface area contributed by atoms with Crippen molar-refractivity contribution < 1.29 is 9.53 Å². The monoisotopic (exact) mass is 420 g/mol. The molecule has 0 fully saturated rings. The van der Waals surface area contributed by atoms with Crippen LogP contribution in [0.3, 0.4) is 0 Å². The van der Waals surface area contributed by atoms with E-state index in [-0.39, 0.29) is 11.3 Å². The molecular formula is C24H28N4O3. The fraction of sp³-hybridized carbons (Fsp3) is 0.292. The van der Waals surface area contributed by atoms with Crippen molar-refractivity contribution in [2.24, 2.45) is 5.73 Å². The molecule has 0 aliphatic rings. The molecule has 1 aromatic carbocycles. The van der Waals surface area contributed by atoms with Gasteiger partial charge in [0.05, 0.1) is 17.8 Å². The zero-order chi connectivity index (χ0) is 22.5. The lowest BCUT2D eigenvalue weighted by Crippen LogP contribution is -2.22. The summed E-state index contributed by atoms with van der Waals surface area (Å²) in [6.45, 7) is 4.65. The van der Waals surface area contributed by atoms with Gasteiger partial charge in [0, 0.05) is 41.7 Å². The zero-order valence-electron chi connectivity index (χ0n) is 18.4. The number of carbonyl (C=O) groups excluding carboxylic acids is 1. The van der Waals surface area contributed by atoms with E-state index in [1.165, 1.54) is 13.0 Å². The summed E-state index contributed by atoms with van der Waals surface area (Å²) in [6.07, 6.45) is 1.70. The minimum absolute atomic E-state index is 0.137. The largest absolute Gasteiger partial charge is 0.492 e. The van der Waals surface area contributed by atoms with Gasteiger partial charge in [-0.1, -0.05) is 6.07 Å². The van der Waals surface area contributed by atoms with Crippen LogP contribution in [0, 0.1) is 0 Å². The molecule has 7 heteroatoms. The van der Waals surface area contributed by atoms with E-state index < -0.39 is 0 Å². The van der Waals surface area contributed by atoms with Gasteiger partial charge in [0.1, 0.15) is 12.4 Å². The Labute approximate surface area is 181 Å². The predicted molar refractivity (Wildman–Crippen MR) is 123 cm³/mol.